The third kappa shape index (κ3) is 2.01. The maximum atomic E-state index is 6.02. The Kier molecular flexibility index (Phi) is 3.03. The molecule has 2 unspecified atom stereocenters. The first-order valence-corrected chi connectivity index (χ1v) is 6.97. The first-order valence-electron chi connectivity index (χ1n) is 6.18. The molecule has 0 amide bonds. The Hall–Kier alpha value is -1.07. The largest absolute Gasteiger partial charge is 0.378 e. The molecule has 2 aromatic rings. The van der Waals surface area contributed by atoms with Crippen LogP contribution in [0.5, 0.6) is 0 Å². The second kappa shape index (κ2) is 4.55. The van der Waals surface area contributed by atoms with Gasteiger partial charge in [-0.05, 0) is 31.5 Å². The fourth-order valence-corrected chi connectivity index (χ4v) is 2.91. The SMILES string of the molecule is CC1OCCC1Cn1c(N)nc2ccc(Br)cc21. The molecule has 1 aromatic heterocycles. The van der Waals surface area contributed by atoms with Crippen molar-refractivity contribution >= 4 is 32.9 Å². The predicted octanol–water partition coefficient (Wildman–Crippen LogP) is 2.81. The van der Waals surface area contributed by atoms with Crippen molar-refractivity contribution < 1.29 is 4.74 Å². The minimum absolute atomic E-state index is 0.300. The number of anilines is 1. The number of nitrogen functional groups attached to an aromatic ring is 1. The van der Waals surface area contributed by atoms with E-state index in [0.717, 1.165) is 35.1 Å². The van der Waals surface area contributed by atoms with Crippen molar-refractivity contribution in [1.29, 1.82) is 0 Å². The van der Waals surface area contributed by atoms with Gasteiger partial charge in [-0.25, -0.2) is 4.98 Å². The van der Waals surface area contributed by atoms with E-state index >= 15 is 0 Å². The fraction of sp³-hybridized carbons (Fsp3) is 0.462. The van der Waals surface area contributed by atoms with Gasteiger partial charge in [0.25, 0.3) is 0 Å². The van der Waals surface area contributed by atoms with Crippen molar-refractivity contribution in [2.24, 2.45) is 5.92 Å². The zero-order valence-corrected chi connectivity index (χ0v) is 11.9. The number of rotatable bonds is 2. The molecule has 3 rings (SSSR count). The zero-order valence-electron chi connectivity index (χ0n) is 10.3. The van der Waals surface area contributed by atoms with Crippen LogP contribution in [0.25, 0.3) is 11.0 Å². The van der Waals surface area contributed by atoms with Crippen LogP contribution >= 0.6 is 15.9 Å². The average Bonchev–Trinajstić information content (AvgIpc) is 2.86. The summed E-state index contributed by atoms with van der Waals surface area (Å²) in [4.78, 5) is 4.40. The lowest BCUT2D eigenvalue weighted by atomic mass is 10.0. The summed E-state index contributed by atoms with van der Waals surface area (Å²) < 4.78 is 8.75. The lowest BCUT2D eigenvalue weighted by molar-refractivity contribution is 0.102. The van der Waals surface area contributed by atoms with Gasteiger partial charge in [0.1, 0.15) is 0 Å². The van der Waals surface area contributed by atoms with Crippen LogP contribution in [0, 0.1) is 5.92 Å². The highest BCUT2D eigenvalue weighted by Gasteiger charge is 2.25. The Labute approximate surface area is 114 Å². The van der Waals surface area contributed by atoms with Gasteiger partial charge in [-0.3, -0.25) is 0 Å². The second-order valence-electron chi connectivity index (χ2n) is 4.84. The molecule has 2 heterocycles. The highest BCUT2D eigenvalue weighted by molar-refractivity contribution is 9.10. The van der Waals surface area contributed by atoms with E-state index in [0.29, 0.717) is 18.0 Å². The molecule has 0 spiro atoms. The lowest BCUT2D eigenvalue weighted by Gasteiger charge is -2.16. The molecule has 2 N–H and O–H groups in total. The van der Waals surface area contributed by atoms with E-state index in [2.05, 4.69) is 38.5 Å². The highest BCUT2D eigenvalue weighted by Crippen LogP contribution is 2.27. The molecule has 0 radical (unpaired) electrons. The number of halogens is 1. The molecule has 1 saturated heterocycles. The van der Waals surface area contributed by atoms with Crippen molar-refractivity contribution in [3.05, 3.63) is 22.7 Å². The molecule has 1 aromatic carbocycles. The van der Waals surface area contributed by atoms with Crippen molar-refractivity contribution in [3.8, 4) is 0 Å². The minimum Gasteiger partial charge on any atom is -0.378 e. The molecular formula is C13H16BrN3O. The monoisotopic (exact) mass is 309 g/mol. The van der Waals surface area contributed by atoms with Crippen molar-refractivity contribution in [2.75, 3.05) is 12.3 Å². The third-order valence-corrected chi connectivity index (χ3v) is 4.18. The van der Waals surface area contributed by atoms with Gasteiger partial charge in [0.05, 0.1) is 17.1 Å². The summed E-state index contributed by atoms with van der Waals surface area (Å²) in [6, 6.07) is 6.04. The second-order valence-corrected chi connectivity index (χ2v) is 5.75. The number of hydrogen-bond donors (Lipinski definition) is 1. The summed E-state index contributed by atoms with van der Waals surface area (Å²) in [5, 5.41) is 0. The molecule has 1 aliphatic rings. The molecule has 0 bridgehead atoms. The van der Waals surface area contributed by atoms with Gasteiger partial charge in [-0.2, -0.15) is 0 Å². The van der Waals surface area contributed by atoms with Gasteiger partial charge in [0.2, 0.25) is 5.95 Å². The van der Waals surface area contributed by atoms with Crippen molar-refractivity contribution in [3.63, 3.8) is 0 Å². The Bertz CT molecular complexity index is 581. The number of nitrogens with zero attached hydrogens (tertiary/aromatic N) is 2. The Balaban J connectivity index is 1.99. The number of imidazole rings is 1. The quantitative estimate of drug-likeness (QED) is 0.928. The van der Waals surface area contributed by atoms with Gasteiger partial charge in [0, 0.05) is 23.5 Å². The smallest absolute Gasteiger partial charge is 0.201 e. The number of fused-ring (bicyclic) bond motifs is 1. The summed E-state index contributed by atoms with van der Waals surface area (Å²) >= 11 is 3.49. The van der Waals surface area contributed by atoms with E-state index in [9.17, 15) is 0 Å². The molecular weight excluding hydrogens is 294 g/mol. The highest BCUT2D eigenvalue weighted by atomic mass is 79.9. The maximum absolute atomic E-state index is 6.02. The van der Waals surface area contributed by atoms with Crippen LogP contribution in [0.15, 0.2) is 22.7 Å². The van der Waals surface area contributed by atoms with Crippen LogP contribution in [-0.4, -0.2) is 22.3 Å². The summed E-state index contributed by atoms with van der Waals surface area (Å²) in [6.07, 6.45) is 1.39. The molecule has 18 heavy (non-hydrogen) atoms. The Morgan fingerprint density at radius 1 is 1.56 bits per heavy atom. The molecule has 4 nitrogen and oxygen atoms in total. The van der Waals surface area contributed by atoms with Crippen molar-refractivity contribution in [2.45, 2.75) is 26.0 Å². The van der Waals surface area contributed by atoms with Gasteiger partial charge in [-0.15, -0.1) is 0 Å². The number of ether oxygens (including phenoxy) is 1. The lowest BCUT2D eigenvalue weighted by Crippen LogP contribution is -2.18. The van der Waals surface area contributed by atoms with Crippen LogP contribution in [-0.2, 0) is 11.3 Å². The molecule has 96 valence electrons. The van der Waals surface area contributed by atoms with Crippen LogP contribution < -0.4 is 5.73 Å². The van der Waals surface area contributed by atoms with Crippen LogP contribution in [0.4, 0.5) is 5.95 Å². The summed E-state index contributed by atoms with van der Waals surface area (Å²) in [5.74, 6) is 1.10. The van der Waals surface area contributed by atoms with Gasteiger partial charge in [0.15, 0.2) is 0 Å². The molecule has 0 aliphatic carbocycles. The standard InChI is InChI=1S/C13H16BrN3O/c1-8-9(4-5-18-8)7-17-12-6-10(14)2-3-11(12)16-13(17)15/h2-3,6,8-9H,4-5,7H2,1H3,(H2,15,16). The third-order valence-electron chi connectivity index (χ3n) is 3.69. The van der Waals surface area contributed by atoms with Crippen molar-refractivity contribution in [1.82, 2.24) is 9.55 Å². The van der Waals surface area contributed by atoms with Crippen LogP contribution in [0.3, 0.4) is 0 Å². The Morgan fingerprint density at radius 2 is 2.39 bits per heavy atom. The fourth-order valence-electron chi connectivity index (χ4n) is 2.56. The number of benzene rings is 1. The van der Waals surface area contributed by atoms with E-state index in [1.54, 1.807) is 0 Å². The predicted molar refractivity (Wildman–Crippen MR) is 75.4 cm³/mol. The normalized spacial score (nSPS) is 23.9. The summed E-state index contributed by atoms with van der Waals surface area (Å²) in [6.45, 7) is 3.85. The first kappa shape index (κ1) is 12.0. The van der Waals surface area contributed by atoms with E-state index < -0.39 is 0 Å². The van der Waals surface area contributed by atoms with E-state index in [1.807, 2.05) is 12.1 Å². The maximum Gasteiger partial charge on any atom is 0.201 e. The minimum atomic E-state index is 0.300. The molecule has 2 atom stereocenters. The van der Waals surface area contributed by atoms with E-state index in [4.69, 9.17) is 10.5 Å². The molecule has 5 heteroatoms. The number of nitrogens with two attached hydrogens (primary N) is 1. The number of aromatic nitrogens is 2. The first-order chi connectivity index (χ1) is 8.65. The topological polar surface area (TPSA) is 53.1 Å². The van der Waals surface area contributed by atoms with Crippen LogP contribution in [0.1, 0.15) is 13.3 Å². The number of hydrogen-bond acceptors (Lipinski definition) is 3. The summed E-state index contributed by atoms with van der Waals surface area (Å²) in [7, 11) is 0. The zero-order chi connectivity index (χ0) is 12.7. The molecule has 1 aliphatic heterocycles. The van der Waals surface area contributed by atoms with Gasteiger partial charge < -0.3 is 15.0 Å². The van der Waals surface area contributed by atoms with E-state index in [1.165, 1.54) is 0 Å². The average molecular weight is 310 g/mol. The Morgan fingerprint density at radius 3 is 3.11 bits per heavy atom. The van der Waals surface area contributed by atoms with Gasteiger partial charge >= 0.3 is 0 Å². The van der Waals surface area contributed by atoms with Crippen LogP contribution in [0.2, 0.25) is 0 Å². The summed E-state index contributed by atoms with van der Waals surface area (Å²) in [5.41, 5.74) is 8.05. The molecule has 1 fully saturated rings. The van der Waals surface area contributed by atoms with E-state index in [-0.39, 0.29) is 0 Å². The van der Waals surface area contributed by atoms with Gasteiger partial charge in [-0.1, -0.05) is 15.9 Å². The molecule has 0 saturated carbocycles.